The van der Waals surface area contributed by atoms with Gasteiger partial charge in [0.05, 0.1) is 0 Å². The van der Waals surface area contributed by atoms with Crippen LogP contribution < -0.4 is 0 Å². The highest BCUT2D eigenvalue weighted by Gasteiger charge is 2.10. The fourth-order valence-corrected chi connectivity index (χ4v) is 2.26. The summed E-state index contributed by atoms with van der Waals surface area (Å²) < 4.78 is 0. The monoisotopic (exact) mass is 237 g/mol. The molecule has 0 aromatic rings. The minimum absolute atomic E-state index is 0.785. The second kappa shape index (κ2) is 12.2. The summed E-state index contributed by atoms with van der Waals surface area (Å²) in [4.78, 5) is 0. The third-order valence-electron chi connectivity index (χ3n) is 3.80. The third-order valence-corrected chi connectivity index (χ3v) is 3.80. The number of unbranched alkanes of at least 4 members (excludes halogenated alkanes) is 7. The Morgan fingerprint density at radius 3 is 2.06 bits per heavy atom. The number of hydrogen-bond donors (Lipinski definition) is 0. The molecule has 0 aromatic carbocycles. The largest absolute Gasteiger partial charge is 0.103 e. The second-order valence-electron chi connectivity index (χ2n) is 5.50. The van der Waals surface area contributed by atoms with Crippen LogP contribution in [-0.2, 0) is 0 Å². The molecule has 0 heterocycles. The molecule has 0 N–H and O–H groups in total. The minimum atomic E-state index is 0.785. The van der Waals surface area contributed by atoms with Crippen LogP contribution in [0.4, 0.5) is 0 Å². The molecule has 0 aliphatic carbocycles. The first-order valence-corrected chi connectivity index (χ1v) is 7.65. The smallest absolute Gasteiger partial charge is 0.0206 e. The molecule has 0 rings (SSSR count). The molecule has 0 saturated carbocycles. The van der Waals surface area contributed by atoms with E-state index in [1.54, 1.807) is 5.92 Å². The molecule has 101 valence electrons. The Bertz CT molecular complexity index is 159. The summed E-state index contributed by atoms with van der Waals surface area (Å²) in [5.74, 6) is 2.39. The van der Waals surface area contributed by atoms with Crippen molar-refractivity contribution in [1.29, 1.82) is 0 Å². The van der Waals surface area contributed by atoms with Gasteiger partial charge in [-0.05, 0) is 18.3 Å². The zero-order chi connectivity index (χ0) is 12.9. The Hall–Kier alpha value is -0.260. The average molecular weight is 237 g/mol. The van der Waals surface area contributed by atoms with Gasteiger partial charge in [-0.15, -0.1) is 6.58 Å². The van der Waals surface area contributed by atoms with Crippen LogP contribution in [0.25, 0.3) is 0 Å². The first-order valence-electron chi connectivity index (χ1n) is 7.65. The van der Waals surface area contributed by atoms with Crippen LogP contribution in [0.3, 0.4) is 0 Å². The van der Waals surface area contributed by atoms with Gasteiger partial charge in [-0.2, -0.15) is 0 Å². The van der Waals surface area contributed by atoms with E-state index in [1.165, 1.54) is 57.8 Å². The van der Waals surface area contributed by atoms with Gasteiger partial charge in [-0.3, -0.25) is 0 Å². The molecule has 0 spiro atoms. The van der Waals surface area contributed by atoms with Crippen LogP contribution in [0.1, 0.15) is 85.0 Å². The molecule has 0 aromatic heterocycles. The number of hydrogen-bond acceptors (Lipinski definition) is 0. The standard InChI is InChI=1S/C17H33/c1-5-7-8-9-10-11-12-13-15-17(4)16(3)14-6-2/h6,17H,2,5,7-15H2,1,3-4H3. The van der Waals surface area contributed by atoms with Crippen molar-refractivity contribution >= 4 is 0 Å². The van der Waals surface area contributed by atoms with E-state index < -0.39 is 0 Å². The van der Waals surface area contributed by atoms with Crippen molar-refractivity contribution in [1.82, 2.24) is 0 Å². The van der Waals surface area contributed by atoms with Gasteiger partial charge < -0.3 is 0 Å². The Kier molecular flexibility index (Phi) is 12.0. The van der Waals surface area contributed by atoms with E-state index in [9.17, 15) is 0 Å². The zero-order valence-electron chi connectivity index (χ0n) is 12.4. The van der Waals surface area contributed by atoms with Gasteiger partial charge in [0.2, 0.25) is 0 Å². The molecule has 0 bridgehead atoms. The predicted molar refractivity (Wildman–Crippen MR) is 80.1 cm³/mol. The van der Waals surface area contributed by atoms with Crippen molar-refractivity contribution in [2.75, 3.05) is 0 Å². The molecular formula is C17H33. The summed E-state index contributed by atoms with van der Waals surface area (Å²) in [5, 5.41) is 0. The van der Waals surface area contributed by atoms with E-state index in [1.807, 2.05) is 6.08 Å². The molecule has 0 amide bonds. The van der Waals surface area contributed by atoms with E-state index in [2.05, 4.69) is 27.4 Å². The average Bonchev–Trinajstić information content (AvgIpc) is 2.32. The van der Waals surface area contributed by atoms with Crippen LogP contribution in [0.5, 0.6) is 0 Å². The fraction of sp³-hybridized carbons (Fsp3) is 0.824. The van der Waals surface area contributed by atoms with Crippen molar-refractivity contribution in [2.24, 2.45) is 5.92 Å². The van der Waals surface area contributed by atoms with Crippen LogP contribution in [0.2, 0.25) is 0 Å². The molecule has 1 radical (unpaired) electrons. The van der Waals surface area contributed by atoms with Crippen molar-refractivity contribution in [3.8, 4) is 0 Å². The number of rotatable bonds is 12. The molecular weight excluding hydrogens is 204 g/mol. The quantitative estimate of drug-likeness (QED) is 0.275. The molecule has 0 aliphatic heterocycles. The molecule has 1 unspecified atom stereocenters. The highest BCUT2D eigenvalue weighted by molar-refractivity contribution is 4.95. The van der Waals surface area contributed by atoms with E-state index in [4.69, 9.17) is 0 Å². The topological polar surface area (TPSA) is 0 Å². The van der Waals surface area contributed by atoms with Crippen molar-refractivity contribution in [3.05, 3.63) is 18.6 Å². The second-order valence-corrected chi connectivity index (χ2v) is 5.50. The summed E-state index contributed by atoms with van der Waals surface area (Å²) in [6.45, 7) is 10.7. The van der Waals surface area contributed by atoms with Crippen molar-refractivity contribution in [2.45, 2.75) is 85.0 Å². The molecule has 17 heavy (non-hydrogen) atoms. The predicted octanol–water partition coefficient (Wildman–Crippen LogP) is 6.32. The first kappa shape index (κ1) is 16.7. The Balaban J connectivity index is 3.24. The van der Waals surface area contributed by atoms with Crippen LogP contribution >= 0.6 is 0 Å². The molecule has 0 fully saturated rings. The highest BCUT2D eigenvalue weighted by atomic mass is 14.1. The molecule has 0 saturated heterocycles. The molecule has 1 atom stereocenters. The van der Waals surface area contributed by atoms with Crippen LogP contribution in [0, 0.1) is 11.8 Å². The summed E-state index contributed by atoms with van der Waals surface area (Å²) in [5.41, 5.74) is 0. The summed E-state index contributed by atoms with van der Waals surface area (Å²) in [7, 11) is 0. The maximum atomic E-state index is 3.81. The van der Waals surface area contributed by atoms with E-state index >= 15 is 0 Å². The fourth-order valence-electron chi connectivity index (χ4n) is 2.26. The van der Waals surface area contributed by atoms with Gasteiger partial charge in [-0.1, -0.05) is 84.6 Å². The molecule has 0 aliphatic rings. The lowest BCUT2D eigenvalue weighted by atomic mass is 9.88. The minimum Gasteiger partial charge on any atom is -0.103 e. The van der Waals surface area contributed by atoms with Gasteiger partial charge in [0.1, 0.15) is 0 Å². The molecule has 0 heteroatoms. The lowest BCUT2D eigenvalue weighted by molar-refractivity contribution is 0.484. The summed E-state index contributed by atoms with van der Waals surface area (Å²) in [6, 6.07) is 0. The van der Waals surface area contributed by atoms with Gasteiger partial charge in [-0.25, -0.2) is 0 Å². The normalized spacial score (nSPS) is 12.9. The van der Waals surface area contributed by atoms with Gasteiger partial charge >= 0.3 is 0 Å². The van der Waals surface area contributed by atoms with Gasteiger partial charge in [0.15, 0.2) is 0 Å². The maximum absolute atomic E-state index is 3.81. The third kappa shape index (κ3) is 10.6. The lowest BCUT2D eigenvalue weighted by Crippen LogP contribution is -2.04. The SMILES string of the molecule is C=CC[C](C)C(C)CCCCCCCCCC. The van der Waals surface area contributed by atoms with Crippen LogP contribution in [0.15, 0.2) is 12.7 Å². The van der Waals surface area contributed by atoms with Crippen LogP contribution in [-0.4, -0.2) is 0 Å². The van der Waals surface area contributed by atoms with Gasteiger partial charge in [0.25, 0.3) is 0 Å². The number of allylic oxidation sites excluding steroid dienone is 1. The lowest BCUT2D eigenvalue weighted by Gasteiger charge is -2.17. The van der Waals surface area contributed by atoms with Crippen molar-refractivity contribution in [3.63, 3.8) is 0 Å². The summed E-state index contributed by atoms with van der Waals surface area (Å²) in [6.07, 6.45) is 15.9. The zero-order valence-corrected chi connectivity index (χ0v) is 12.4. The Labute approximate surface area is 110 Å². The van der Waals surface area contributed by atoms with E-state index in [0.29, 0.717) is 0 Å². The van der Waals surface area contributed by atoms with Gasteiger partial charge in [0, 0.05) is 0 Å². The van der Waals surface area contributed by atoms with E-state index in [0.717, 1.165) is 12.3 Å². The maximum Gasteiger partial charge on any atom is -0.0206 e. The molecule has 0 nitrogen and oxygen atoms in total. The van der Waals surface area contributed by atoms with E-state index in [-0.39, 0.29) is 0 Å². The van der Waals surface area contributed by atoms with Crippen molar-refractivity contribution < 1.29 is 0 Å². The first-order chi connectivity index (χ1) is 8.22. The Morgan fingerprint density at radius 2 is 1.53 bits per heavy atom. The Morgan fingerprint density at radius 1 is 1.00 bits per heavy atom. The highest BCUT2D eigenvalue weighted by Crippen LogP contribution is 2.23. The summed E-state index contributed by atoms with van der Waals surface area (Å²) >= 11 is 0.